The molecular weight excluding hydrogens is 458 g/mol. The Morgan fingerprint density at radius 3 is 2.50 bits per heavy atom. The Labute approximate surface area is 204 Å². The zero-order chi connectivity index (χ0) is 24.9. The first-order valence-corrected chi connectivity index (χ1v) is 11.9. The van der Waals surface area contributed by atoms with Gasteiger partial charge < -0.3 is 9.84 Å². The quantitative estimate of drug-likeness (QED) is 0.212. The smallest absolute Gasteiger partial charge is 0.327 e. The summed E-state index contributed by atoms with van der Waals surface area (Å²) in [6.07, 6.45) is 3.83. The van der Waals surface area contributed by atoms with Gasteiger partial charge >= 0.3 is 5.97 Å². The highest BCUT2D eigenvalue weighted by Gasteiger charge is 2.38. The molecule has 0 spiro atoms. The van der Waals surface area contributed by atoms with E-state index in [-0.39, 0.29) is 38.2 Å². The number of thiol groups is 1. The molecule has 1 unspecified atom stereocenters. The van der Waals surface area contributed by atoms with Gasteiger partial charge in [-0.15, -0.1) is 0 Å². The van der Waals surface area contributed by atoms with Crippen LogP contribution in [0.5, 0.6) is 5.75 Å². The summed E-state index contributed by atoms with van der Waals surface area (Å²) < 4.78 is 5.36. The van der Waals surface area contributed by atoms with E-state index in [0.717, 1.165) is 47.4 Å². The van der Waals surface area contributed by atoms with Crippen LogP contribution in [0.15, 0.2) is 23.3 Å². The van der Waals surface area contributed by atoms with Crippen molar-refractivity contribution < 1.29 is 29.0 Å². The van der Waals surface area contributed by atoms with Crippen LogP contribution in [0, 0.1) is 0 Å². The zero-order valence-corrected chi connectivity index (χ0v) is 20.4. The van der Waals surface area contributed by atoms with Gasteiger partial charge in [-0.1, -0.05) is 13.8 Å². The van der Waals surface area contributed by atoms with Crippen LogP contribution in [-0.2, 0) is 25.6 Å². The van der Waals surface area contributed by atoms with Gasteiger partial charge in [-0.3, -0.25) is 19.3 Å². The highest BCUT2D eigenvalue weighted by molar-refractivity contribution is 7.81. The Balaban J connectivity index is 1.66. The van der Waals surface area contributed by atoms with Crippen molar-refractivity contribution in [3.63, 3.8) is 0 Å². The highest BCUT2D eigenvalue weighted by atomic mass is 32.1. The number of rotatable bonds is 9. The summed E-state index contributed by atoms with van der Waals surface area (Å²) in [7, 11) is 0. The lowest BCUT2D eigenvalue weighted by molar-refractivity contribution is -0.154. The number of fused-ring (bicyclic) bond motifs is 1. The normalized spacial score (nSPS) is 18.4. The van der Waals surface area contributed by atoms with Crippen molar-refractivity contribution in [3.8, 4) is 5.75 Å². The number of hydrogen-bond donors (Lipinski definition) is 3. The summed E-state index contributed by atoms with van der Waals surface area (Å²) in [5, 5.41) is 13.9. The van der Waals surface area contributed by atoms with Crippen molar-refractivity contribution in [2.24, 2.45) is 5.10 Å². The van der Waals surface area contributed by atoms with E-state index in [2.05, 4.69) is 23.2 Å². The van der Waals surface area contributed by atoms with Gasteiger partial charge in [-0.2, -0.15) is 17.7 Å². The lowest BCUT2D eigenvalue weighted by Crippen LogP contribution is -2.45. The second kappa shape index (κ2) is 11.0. The maximum Gasteiger partial charge on any atom is 0.327 e. The van der Waals surface area contributed by atoms with Gasteiger partial charge in [0.15, 0.2) is 0 Å². The molecule has 0 aromatic heterocycles. The highest BCUT2D eigenvalue weighted by Crippen LogP contribution is 2.26. The standard InChI is InChI=1S/C24H31N3O6S/c1-24(2,34)14-20(28)26-25-18-6-4-3-5-15-13-16(7-8-17(15)18)33-12-11-19(23(31)32)27-21(29)9-10-22(27)30/h7-8,13,19,34H,3-6,9-12,14H2,1-2H3,(H,26,28)(H,31,32). The molecule has 0 radical (unpaired) electrons. The minimum absolute atomic E-state index is 0.00410. The summed E-state index contributed by atoms with van der Waals surface area (Å²) in [6.45, 7) is 3.78. The van der Waals surface area contributed by atoms with E-state index in [9.17, 15) is 24.3 Å². The molecule has 2 N–H and O–H groups in total. The third-order valence-corrected chi connectivity index (χ3v) is 5.91. The predicted octanol–water partition coefficient (Wildman–Crippen LogP) is 2.70. The van der Waals surface area contributed by atoms with Crippen molar-refractivity contribution >= 4 is 42.0 Å². The molecule has 1 fully saturated rings. The molecule has 3 rings (SSSR count). The first-order valence-electron chi connectivity index (χ1n) is 11.5. The number of benzene rings is 1. The Hall–Kier alpha value is -2.88. The van der Waals surface area contributed by atoms with Crippen LogP contribution < -0.4 is 10.2 Å². The second-order valence-electron chi connectivity index (χ2n) is 9.26. The van der Waals surface area contributed by atoms with Gasteiger partial charge in [-0.05, 0) is 49.4 Å². The molecule has 34 heavy (non-hydrogen) atoms. The average molecular weight is 490 g/mol. The summed E-state index contributed by atoms with van der Waals surface area (Å²) in [6, 6.07) is 4.34. The number of ether oxygens (including phenoxy) is 1. The fourth-order valence-corrected chi connectivity index (χ4v) is 4.31. The number of carboxylic acid groups (broad SMARTS) is 1. The van der Waals surface area contributed by atoms with E-state index < -0.39 is 28.6 Å². The number of amides is 3. The number of likely N-dealkylation sites (tertiary alicyclic amines) is 1. The van der Waals surface area contributed by atoms with E-state index in [1.807, 2.05) is 26.0 Å². The van der Waals surface area contributed by atoms with E-state index in [0.29, 0.717) is 5.75 Å². The van der Waals surface area contributed by atoms with Gasteiger partial charge in [0, 0.05) is 36.0 Å². The van der Waals surface area contributed by atoms with E-state index in [1.165, 1.54) is 0 Å². The molecule has 1 aromatic carbocycles. The largest absolute Gasteiger partial charge is 0.493 e. The van der Waals surface area contributed by atoms with Gasteiger partial charge in [0.1, 0.15) is 11.8 Å². The first-order chi connectivity index (χ1) is 16.0. The van der Waals surface area contributed by atoms with Crippen LogP contribution in [0.3, 0.4) is 0 Å². The summed E-state index contributed by atoms with van der Waals surface area (Å²) in [5.41, 5.74) is 5.43. The number of carboxylic acids is 1. The lowest BCUT2D eigenvalue weighted by atomic mass is 10.0. The molecule has 1 aliphatic carbocycles. The average Bonchev–Trinajstić information content (AvgIpc) is 2.95. The van der Waals surface area contributed by atoms with Crippen molar-refractivity contribution in [2.45, 2.75) is 76.0 Å². The maximum absolute atomic E-state index is 12.1. The zero-order valence-electron chi connectivity index (χ0n) is 19.5. The van der Waals surface area contributed by atoms with Crippen LogP contribution in [0.25, 0.3) is 0 Å². The molecule has 9 nitrogen and oxygen atoms in total. The fourth-order valence-electron chi connectivity index (χ4n) is 4.16. The Bertz CT molecular complexity index is 985. The number of carbonyl (C=O) groups is 4. The molecule has 3 amide bonds. The van der Waals surface area contributed by atoms with Gasteiger partial charge in [0.25, 0.3) is 0 Å². The number of carbonyl (C=O) groups excluding carboxylic acids is 3. The van der Waals surface area contributed by atoms with Crippen LogP contribution in [0.2, 0.25) is 0 Å². The topological polar surface area (TPSA) is 125 Å². The number of aliphatic carboxylic acids is 1. The number of nitrogens with one attached hydrogen (secondary N) is 1. The molecule has 0 saturated carbocycles. The molecule has 1 heterocycles. The Morgan fingerprint density at radius 2 is 1.85 bits per heavy atom. The molecule has 1 atom stereocenters. The minimum atomic E-state index is -1.23. The lowest BCUT2D eigenvalue weighted by Gasteiger charge is -2.22. The summed E-state index contributed by atoms with van der Waals surface area (Å²) >= 11 is 4.38. The number of hydrazone groups is 1. The molecule has 184 valence electrons. The molecule has 10 heteroatoms. The van der Waals surface area contributed by atoms with Crippen LogP contribution in [-0.4, -0.2) is 56.8 Å². The van der Waals surface area contributed by atoms with Crippen molar-refractivity contribution in [2.75, 3.05) is 6.61 Å². The number of hydrogen-bond acceptors (Lipinski definition) is 7. The maximum atomic E-state index is 12.1. The third kappa shape index (κ3) is 6.82. The number of imide groups is 1. The third-order valence-electron chi connectivity index (χ3n) is 5.75. The van der Waals surface area contributed by atoms with Gasteiger partial charge in [0.2, 0.25) is 17.7 Å². The van der Waals surface area contributed by atoms with Crippen LogP contribution in [0.1, 0.15) is 69.9 Å². The molecule has 1 aliphatic heterocycles. The van der Waals surface area contributed by atoms with Gasteiger partial charge in [-0.25, -0.2) is 10.2 Å². The molecule has 1 aromatic rings. The van der Waals surface area contributed by atoms with Crippen molar-refractivity contribution in [1.82, 2.24) is 10.3 Å². The van der Waals surface area contributed by atoms with Crippen molar-refractivity contribution in [3.05, 3.63) is 29.3 Å². The second-order valence-corrected chi connectivity index (χ2v) is 10.5. The minimum Gasteiger partial charge on any atom is -0.493 e. The van der Waals surface area contributed by atoms with E-state index in [4.69, 9.17) is 4.74 Å². The fraction of sp³-hybridized carbons (Fsp3) is 0.542. The molecule has 2 aliphatic rings. The molecule has 0 bridgehead atoms. The monoisotopic (exact) mass is 489 g/mol. The van der Waals surface area contributed by atoms with Gasteiger partial charge in [0.05, 0.1) is 12.3 Å². The van der Waals surface area contributed by atoms with Crippen LogP contribution >= 0.6 is 12.6 Å². The SMILES string of the molecule is CC(C)(S)CC(=O)NN=C1CCCCc2cc(OCCC(C(=O)O)N3C(=O)CCC3=O)ccc21. The molecular formula is C24H31N3O6S. The van der Waals surface area contributed by atoms with Crippen molar-refractivity contribution in [1.29, 1.82) is 0 Å². The predicted molar refractivity (Wildman–Crippen MR) is 129 cm³/mol. The van der Waals surface area contributed by atoms with Crippen LogP contribution in [0.4, 0.5) is 0 Å². The Morgan fingerprint density at radius 1 is 1.18 bits per heavy atom. The Kier molecular flexibility index (Phi) is 8.35. The summed E-state index contributed by atoms with van der Waals surface area (Å²) in [5.74, 6) is -1.76. The number of nitrogens with zero attached hydrogens (tertiary/aromatic N) is 2. The summed E-state index contributed by atoms with van der Waals surface area (Å²) in [4.78, 5) is 48.4. The van der Waals surface area contributed by atoms with E-state index >= 15 is 0 Å². The number of aryl methyl sites for hydroxylation is 1. The molecule has 1 saturated heterocycles. The first kappa shape index (κ1) is 25.7. The van der Waals surface area contributed by atoms with E-state index in [1.54, 1.807) is 6.07 Å².